The van der Waals surface area contributed by atoms with E-state index in [1.165, 1.54) is 12.6 Å². The highest BCUT2D eigenvalue weighted by atomic mass is 32.2. The van der Waals surface area contributed by atoms with Crippen LogP contribution in [0.25, 0.3) is 0 Å². The molecule has 0 radical (unpaired) electrons. The molecule has 2 aromatic rings. The van der Waals surface area contributed by atoms with E-state index in [9.17, 15) is 8.42 Å². The van der Waals surface area contributed by atoms with Crippen LogP contribution in [0.1, 0.15) is 30.4 Å². The summed E-state index contributed by atoms with van der Waals surface area (Å²) >= 11 is 0. The molecule has 1 saturated heterocycles. The van der Waals surface area contributed by atoms with Crippen molar-refractivity contribution in [3.05, 3.63) is 47.8 Å². The van der Waals surface area contributed by atoms with E-state index >= 15 is 0 Å². The number of hydrogen-bond acceptors (Lipinski definition) is 4. The van der Waals surface area contributed by atoms with Crippen molar-refractivity contribution >= 4 is 15.7 Å². The standard InChI is InChI=1S/C17H23N3O3S/c1-14-5-4-6-15(9-14)13-24(21,22)19-16-10-18-20(11-16)12-17-7-2-3-8-23-17/h4-6,9-11,17,19H,2-3,7-8,12-13H2,1H3. The molecule has 0 spiro atoms. The van der Waals surface area contributed by atoms with E-state index in [1.807, 2.05) is 31.2 Å². The Bertz CT molecular complexity index is 780. The second-order valence-corrected chi connectivity index (χ2v) is 8.01. The number of ether oxygens (including phenoxy) is 1. The van der Waals surface area contributed by atoms with Gasteiger partial charge < -0.3 is 4.74 Å². The Balaban J connectivity index is 1.60. The summed E-state index contributed by atoms with van der Waals surface area (Å²) in [6.07, 6.45) is 6.72. The highest BCUT2D eigenvalue weighted by Gasteiger charge is 2.16. The van der Waals surface area contributed by atoms with Crippen LogP contribution in [-0.4, -0.2) is 30.9 Å². The second kappa shape index (κ2) is 7.36. The van der Waals surface area contributed by atoms with Crippen LogP contribution < -0.4 is 4.72 Å². The fourth-order valence-corrected chi connectivity index (χ4v) is 4.07. The molecular formula is C17H23N3O3S. The number of rotatable bonds is 6. The third kappa shape index (κ3) is 4.82. The summed E-state index contributed by atoms with van der Waals surface area (Å²) in [5.41, 5.74) is 2.30. The van der Waals surface area contributed by atoms with Crippen LogP contribution in [0.5, 0.6) is 0 Å². The first kappa shape index (κ1) is 17.0. The Labute approximate surface area is 142 Å². The van der Waals surface area contributed by atoms with E-state index in [4.69, 9.17) is 4.74 Å². The van der Waals surface area contributed by atoms with Gasteiger partial charge in [0, 0.05) is 12.8 Å². The molecule has 1 aromatic heterocycles. The summed E-state index contributed by atoms with van der Waals surface area (Å²) in [5.74, 6) is -0.0500. The third-order valence-electron chi connectivity index (χ3n) is 4.01. The Morgan fingerprint density at radius 3 is 3.00 bits per heavy atom. The van der Waals surface area contributed by atoms with Crippen molar-refractivity contribution in [3.63, 3.8) is 0 Å². The molecule has 0 saturated carbocycles. The van der Waals surface area contributed by atoms with Crippen LogP contribution in [0.2, 0.25) is 0 Å². The topological polar surface area (TPSA) is 73.2 Å². The maximum absolute atomic E-state index is 12.3. The molecule has 24 heavy (non-hydrogen) atoms. The van der Waals surface area contributed by atoms with Crippen LogP contribution in [0.4, 0.5) is 5.69 Å². The Morgan fingerprint density at radius 2 is 2.25 bits per heavy atom. The van der Waals surface area contributed by atoms with Gasteiger partial charge in [-0.1, -0.05) is 29.8 Å². The molecule has 0 bridgehead atoms. The lowest BCUT2D eigenvalue weighted by atomic mass is 10.1. The summed E-state index contributed by atoms with van der Waals surface area (Å²) in [4.78, 5) is 0. The number of hydrogen-bond donors (Lipinski definition) is 1. The number of nitrogens with one attached hydrogen (secondary N) is 1. The lowest BCUT2D eigenvalue weighted by molar-refractivity contribution is 0.00401. The minimum atomic E-state index is -3.46. The van der Waals surface area contributed by atoms with Gasteiger partial charge in [0.1, 0.15) is 0 Å². The smallest absolute Gasteiger partial charge is 0.237 e. The van der Waals surface area contributed by atoms with Gasteiger partial charge in [0.15, 0.2) is 0 Å². The summed E-state index contributed by atoms with van der Waals surface area (Å²) in [5, 5.41) is 4.23. The molecule has 6 nitrogen and oxygen atoms in total. The maximum atomic E-state index is 12.3. The Hall–Kier alpha value is -1.86. The summed E-state index contributed by atoms with van der Waals surface area (Å²) in [7, 11) is -3.46. The van der Waals surface area contributed by atoms with Crippen LogP contribution in [0.3, 0.4) is 0 Å². The van der Waals surface area contributed by atoms with E-state index in [1.54, 1.807) is 10.9 Å². The van der Waals surface area contributed by atoms with Crippen LogP contribution in [0, 0.1) is 6.92 Å². The minimum absolute atomic E-state index is 0.0500. The summed E-state index contributed by atoms with van der Waals surface area (Å²) in [6.45, 7) is 3.39. The van der Waals surface area contributed by atoms with Gasteiger partial charge in [-0.25, -0.2) is 8.42 Å². The van der Waals surface area contributed by atoms with Gasteiger partial charge in [0.2, 0.25) is 10.0 Å². The zero-order chi connectivity index (χ0) is 17.0. The first-order valence-electron chi connectivity index (χ1n) is 8.20. The van der Waals surface area contributed by atoms with E-state index < -0.39 is 10.0 Å². The fourth-order valence-electron chi connectivity index (χ4n) is 2.91. The number of nitrogens with zero attached hydrogens (tertiary/aromatic N) is 2. The zero-order valence-electron chi connectivity index (χ0n) is 13.8. The quantitative estimate of drug-likeness (QED) is 0.870. The van der Waals surface area contributed by atoms with Gasteiger partial charge in [0.25, 0.3) is 0 Å². The SMILES string of the molecule is Cc1cccc(CS(=O)(=O)Nc2cnn(CC3CCCCO3)c2)c1. The lowest BCUT2D eigenvalue weighted by Crippen LogP contribution is -2.24. The molecule has 3 rings (SSSR count). The molecule has 1 unspecified atom stereocenters. The molecule has 130 valence electrons. The maximum Gasteiger partial charge on any atom is 0.237 e. The summed E-state index contributed by atoms with van der Waals surface area (Å²) < 4.78 is 34.6. The molecule has 0 aliphatic carbocycles. The molecule has 1 N–H and O–H groups in total. The first-order valence-corrected chi connectivity index (χ1v) is 9.85. The second-order valence-electron chi connectivity index (χ2n) is 6.29. The molecule has 1 fully saturated rings. The first-order chi connectivity index (χ1) is 11.5. The summed E-state index contributed by atoms with van der Waals surface area (Å²) in [6, 6.07) is 7.50. The Kier molecular flexibility index (Phi) is 5.20. The van der Waals surface area contributed by atoms with Crippen molar-refractivity contribution in [2.75, 3.05) is 11.3 Å². The van der Waals surface area contributed by atoms with Crippen molar-refractivity contribution in [1.29, 1.82) is 0 Å². The molecule has 2 heterocycles. The van der Waals surface area contributed by atoms with Crippen molar-refractivity contribution in [2.45, 2.75) is 44.6 Å². The number of anilines is 1. The Morgan fingerprint density at radius 1 is 1.38 bits per heavy atom. The van der Waals surface area contributed by atoms with Crippen molar-refractivity contribution in [1.82, 2.24) is 9.78 Å². The van der Waals surface area contributed by atoms with Gasteiger partial charge in [-0.2, -0.15) is 5.10 Å². The minimum Gasteiger partial charge on any atom is -0.376 e. The van der Waals surface area contributed by atoms with Gasteiger partial charge in [-0.15, -0.1) is 0 Å². The molecule has 1 atom stereocenters. The highest BCUT2D eigenvalue weighted by Crippen LogP contribution is 2.16. The molecule has 1 aliphatic rings. The van der Waals surface area contributed by atoms with Crippen LogP contribution in [0.15, 0.2) is 36.7 Å². The van der Waals surface area contributed by atoms with E-state index in [-0.39, 0.29) is 11.9 Å². The molecule has 7 heteroatoms. The fraction of sp³-hybridized carbons (Fsp3) is 0.471. The van der Waals surface area contributed by atoms with Gasteiger partial charge in [0.05, 0.1) is 30.3 Å². The highest BCUT2D eigenvalue weighted by molar-refractivity contribution is 7.91. The van der Waals surface area contributed by atoms with Gasteiger partial charge in [-0.3, -0.25) is 9.40 Å². The van der Waals surface area contributed by atoms with Gasteiger partial charge in [-0.05, 0) is 31.7 Å². The zero-order valence-corrected chi connectivity index (χ0v) is 14.6. The van der Waals surface area contributed by atoms with Crippen molar-refractivity contribution < 1.29 is 13.2 Å². The average molecular weight is 349 g/mol. The lowest BCUT2D eigenvalue weighted by Gasteiger charge is -2.22. The van der Waals surface area contributed by atoms with Crippen LogP contribution in [-0.2, 0) is 27.1 Å². The monoisotopic (exact) mass is 349 g/mol. The number of aromatic nitrogens is 2. The number of sulfonamides is 1. The molecule has 0 amide bonds. The van der Waals surface area contributed by atoms with Crippen molar-refractivity contribution in [3.8, 4) is 0 Å². The molecule has 1 aliphatic heterocycles. The van der Waals surface area contributed by atoms with E-state index in [0.717, 1.165) is 30.6 Å². The largest absolute Gasteiger partial charge is 0.376 e. The van der Waals surface area contributed by atoms with Gasteiger partial charge >= 0.3 is 0 Å². The van der Waals surface area contributed by atoms with Crippen LogP contribution >= 0.6 is 0 Å². The molecular weight excluding hydrogens is 326 g/mol. The predicted molar refractivity (Wildman–Crippen MR) is 93.2 cm³/mol. The van der Waals surface area contributed by atoms with E-state index in [0.29, 0.717) is 12.2 Å². The normalized spacial score (nSPS) is 18.5. The molecule has 1 aromatic carbocycles. The number of benzene rings is 1. The third-order valence-corrected chi connectivity index (χ3v) is 5.27. The average Bonchev–Trinajstić information content (AvgIpc) is 2.94. The number of aryl methyl sites for hydroxylation is 1. The van der Waals surface area contributed by atoms with E-state index in [2.05, 4.69) is 9.82 Å². The predicted octanol–water partition coefficient (Wildman–Crippen LogP) is 2.70. The van der Waals surface area contributed by atoms with Crippen molar-refractivity contribution in [2.24, 2.45) is 0 Å².